The standard InChI is InChI=1S/C15H22N4OS/c1-2-3-4-5-8-17-15(16)18-10-12-11-21-14(19-12)13-7-6-9-20-13/h6-7,9,11H,2-5,8,10H2,1H3,(H3,16,17,18). The zero-order valence-corrected chi connectivity index (χ0v) is 13.2. The lowest BCUT2D eigenvalue weighted by Gasteiger charge is -2.04. The summed E-state index contributed by atoms with van der Waals surface area (Å²) in [6.07, 6.45) is 6.52. The zero-order valence-electron chi connectivity index (χ0n) is 12.3. The van der Waals surface area contributed by atoms with Gasteiger partial charge in [-0.3, -0.25) is 0 Å². The second-order valence-electron chi connectivity index (χ2n) is 4.81. The van der Waals surface area contributed by atoms with E-state index in [1.165, 1.54) is 19.3 Å². The number of hydrogen-bond donors (Lipinski definition) is 2. The molecular weight excluding hydrogens is 284 g/mol. The summed E-state index contributed by atoms with van der Waals surface area (Å²) >= 11 is 1.55. The number of nitrogens with one attached hydrogen (secondary N) is 1. The molecule has 2 aromatic rings. The third-order valence-corrected chi connectivity index (χ3v) is 3.94. The zero-order chi connectivity index (χ0) is 14.9. The predicted octanol–water partition coefficient (Wildman–Crippen LogP) is 3.39. The molecule has 0 saturated carbocycles. The number of rotatable bonds is 8. The molecule has 0 unspecified atom stereocenters. The number of guanidine groups is 1. The van der Waals surface area contributed by atoms with E-state index in [0.717, 1.165) is 29.4 Å². The molecular formula is C15H22N4OS. The smallest absolute Gasteiger partial charge is 0.188 e. The van der Waals surface area contributed by atoms with E-state index in [4.69, 9.17) is 10.2 Å². The second kappa shape index (κ2) is 8.46. The van der Waals surface area contributed by atoms with Gasteiger partial charge >= 0.3 is 0 Å². The number of thiazole rings is 1. The Morgan fingerprint density at radius 2 is 2.33 bits per heavy atom. The van der Waals surface area contributed by atoms with E-state index >= 15 is 0 Å². The van der Waals surface area contributed by atoms with Crippen LogP contribution in [0.15, 0.2) is 33.2 Å². The van der Waals surface area contributed by atoms with Crippen LogP contribution in [0, 0.1) is 0 Å². The highest BCUT2D eigenvalue weighted by molar-refractivity contribution is 7.13. The molecule has 114 valence electrons. The number of nitrogens with zero attached hydrogens (tertiary/aromatic N) is 2. The van der Waals surface area contributed by atoms with Gasteiger partial charge in [-0.15, -0.1) is 11.3 Å². The van der Waals surface area contributed by atoms with E-state index in [1.54, 1.807) is 17.6 Å². The normalized spacial score (nSPS) is 11.8. The lowest BCUT2D eigenvalue weighted by molar-refractivity contribution is 0.581. The Kier molecular flexibility index (Phi) is 6.27. The Morgan fingerprint density at radius 1 is 1.43 bits per heavy atom. The van der Waals surface area contributed by atoms with Gasteiger partial charge in [-0.05, 0) is 18.6 Å². The summed E-state index contributed by atoms with van der Waals surface area (Å²) in [6.45, 7) is 3.57. The molecule has 2 heterocycles. The first-order valence-electron chi connectivity index (χ1n) is 7.31. The van der Waals surface area contributed by atoms with E-state index in [-0.39, 0.29) is 0 Å². The first kappa shape index (κ1) is 15.6. The number of aromatic nitrogens is 1. The van der Waals surface area contributed by atoms with Gasteiger partial charge in [0.05, 0.1) is 18.5 Å². The van der Waals surface area contributed by atoms with E-state index in [1.807, 2.05) is 17.5 Å². The van der Waals surface area contributed by atoms with Crippen LogP contribution < -0.4 is 11.1 Å². The molecule has 0 aliphatic rings. The maximum absolute atomic E-state index is 5.83. The summed E-state index contributed by atoms with van der Waals surface area (Å²) in [7, 11) is 0. The Labute approximate surface area is 129 Å². The van der Waals surface area contributed by atoms with Gasteiger partial charge in [-0.1, -0.05) is 26.2 Å². The quantitative estimate of drug-likeness (QED) is 0.445. The van der Waals surface area contributed by atoms with Crippen molar-refractivity contribution in [2.45, 2.75) is 39.2 Å². The highest BCUT2D eigenvalue weighted by atomic mass is 32.1. The van der Waals surface area contributed by atoms with Crippen molar-refractivity contribution in [1.82, 2.24) is 10.3 Å². The summed E-state index contributed by atoms with van der Waals surface area (Å²) in [6, 6.07) is 3.76. The van der Waals surface area contributed by atoms with Crippen molar-refractivity contribution in [1.29, 1.82) is 0 Å². The molecule has 0 aliphatic heterocycles. The fraction of sp³-hybridized carbons (Fsp3) is 0.467. The molecule has 3 N–H and O–H groups in total. The van der Waals surface area contributed by atoms with Crippen molar-refractivity contribution in [3.8, 4) is 10.8 Å². The fourth-order valence-corrected chi connectivity index (χ4v) is 2.66. The molecule has 0 atom stereocenters. The number of furan rings is 1. The van der Waals surface area contributed by atoms with Crippen LogP contribution in [-0.2, 0) is 6.54 Å². The topological polar surface area (TPSA) is 76.4 Å². The van der Waals surface area contributed by atoms with Gasteiger partial charge in [0.2, 0.25) is 0 Å². The number of nitrogens with two attached hydrogens (primary N) is 1. The Bertz CT molecular complexity index is 548. The maximum Gasteiger partial charge on any atom is 0.188 e. The number of aliphatic imine (C=N–C) groups is 1. The predicted molar refractivity (Wildman–Crippen MR) is 87.3 cm³/mol. The minimum absolute atomic E-state index is 0.485. The van der Waals surface area contributed by atoms with Crippen molar-refractivity contribution in [3.63, 3.8) is 0 Å². The number of hydrogen-bond acceptors (Lipinski definition) is 4. The highest BCUT2D eigenvalue weighted by Crippen LogP contribution is 2.24. The van der Waals surface area contributed by atoms with Crippen LogP contribution in [0.3, 0.4) is 0 Å². The maximum atomic E-state index is 5.83. The lowest BCUT2D eigenvalue weighted by Crippen LogP contribution is -2.32. The van der Waals surface area contributed by atoms with Crippen molar-refractivity contribution in [3.05, 3.63) is 29.5 Å². The van der Waals surface area contributed by atoms with Gasteiger partial charge in [-0.25, -0.2) is 9.98 Å². The SMILES string of the molecule is CCCCCCNC(N)=NCc1csc(-c2ccco2)n1. The van der Waals surface area contributed by atoms with E-state index < -0.39 is 0 Å². The van der Waals surface area contributed by atoms with Crippen LogP contribution in [0.2, 0.25) is 0 Å². The molecule has 0 bridgehead atoms. The van der Waals surface area contributed by atoms with Gasteiger partial charge in [0.25, 0.3) is 0 Å². The summed E-state index contributed by atoms with van der Waals surface area (Å²) in [4.78, 5) is 8.78. The van der Waals surface area contributed by atoms with Crippen molar-refractivity contribution < 1.29 is 4.42 Å². The molecule has 6 heteroatoms. The Hall–Kier alpha value is -1.82. The van der Waals surface area contributed by atoms with E-state index in [2.05, 4.69) is 22.2 Å². The van der Waals surface area contributed by atoms with E-state index in [9.17, 15) is 0 Å². The van der Waals surface area contributed by atoms with Crippen LogP contribution in [0.1, 0.15) is 38.3 Å². The molecule has 0 spiro atoms. The van der Waals surface area contributed by atoms with E-state index in [0.29, 0.717) is 12.5 Å². The highest BCUT2D eigenvalue weighted by Gasteiger charge is 2.06. The van der Waals surface area contributed by atoms with Gasteiger partial charge in [0, 0.05) is 11.9 Å². The minimum atomic E-state index is 0.485. The first-order chi connectivity index (χ1) is 10.3. The molecule has 0 saturated heterocycles. The molecule has 0 amide bonds. The Morgan fingerprint density at radius 3 is 3.10 bits per heavy atom. The molecule has 21 heavy (non-hydrogen) atoms. The molecule has 2 aromatic heterocycles. The molecule has 0 fully saturated rings. The molecule has 2 rings (SSSR count). The molecule has 0 radical (unpaired) electrons. The van der Waals surface area contributed by atoms with Gasteiger partial charge in [0.1, 0.15) is 0 Å². The lowest BCUT2D eigenvalue weighted by atomic mass is 10.2. The Balaban J connectivity index is 1.75. The van der Waals surface area contributed by atoms with Gasteiger partial charge < -0.3 is 15.5 Å². The van der Waals surface area contributed by atoms with Crippen molar-refractivity contribution in [2.24, 2.45) is 10.7 Å². The van der Waals surface area contributed by atoms with Crippen molar-refractivity contribution in [2.75, 3.05) is 6.54 Å². The average Bonchev–Trinajstić information content (AvgIpc) is 3.15. The first-order valence-corrected chi connectivity index (χ1v) is 8.19. The molecule has 5 nitrogen and oxygen atoms in total. The van der Waals surface area contributed by atoms with Crippen LogP contribution in [0.25, 0.3) is 10.8 Å². The molecule has 0 aliphatic carbocycles. The third-order valence-electron chi connectivity index (χ3n) is 3.03. The minimum Gasteiger partial charge on any atom is -0.462 e. The molecule has 0 aromatic carbocycles. The van der Waals surface area contributed by atoms with Gasteiger partial charge in [0.15, 0.2) is 16.7 Å². The van der Waals surface area contributed by atoms with Crippen molar-refractivity contribution >= 4 is 17.3 Å². The fourth-order valence-electron chi connectivity index (χ4n) is 1.88. The van der Waals surface area contributed by atoms with Crippen LogP contribution >= 0.6 is 11.3 Å². The van der Waals surface area contributed by atoms with Crippen LogP contribution in [0.4, 0.5) is 0 Å². The summed E-state index contributed by atoms with van der Waals surface area (Å²) in [5.74, 6) is 1.27. The number of unbranched alkanes of at least 4 members (excludes halogenated alkanes) is 3. The summed E-state index contributed by atoms with van der Waals surface area (Å²) in [5, 5.41) is 5.98. The third kappa shape index (κ3) is 5.23. The van der Waals surface area contributed by atoms with Gasteiger partial charge in [-0.2, -0.15) is 0 Å². The average molecular weight is 306 g/mol. The summed E-state index contributed by atoms with van der Waals surface area (Å²) < 4.78 is 5.32. The summed E-state index contributed by atoms with van der Waals surface area (Å²) in [5.41, 5.74) is 6.74. The van der Waals surface area contributed by atoms with Crippen LogP contribution in [-0.4, -0.2) is 17.5 Å². The van der Waals surface area contributed by atoms with Crippen LogP contribution in [0.5, 0.6) is 0 Å². The largest absolute Gasteiger partial charge is 0.462 e. The monoisotopic (exact) mass is 306 g/mol. The second-order valence-corrected chi connectivity index (χ2v) is 5.67.